The topological polar surface area (TPSA) is 64.1 Å². The summed E-state index contributed by atoms with van der Waals surface area (Å²) in [5.74, 6) is 1.52. The predicted molar refractivity (Wildman–Crippen MR) is 119 cm³/mol. The summed E-state index contributed by atoms with van der Waals surface area (Å²) in [6, 6.07) is 14.3. The van der Waals surface area contributed by atoms with Crippen molar-refractivity contribution in [3.05, 3.63) is 66.0 Å². The number of para-hydroxylation sites is 1. The van der Waals surface area contributed by atoms with Gasteiger partial charge in [0.05, 0.1) is 18.2 Å². The summed E-state index contributed by atoms with van der Waals surface area (Å²) < 4.78 is 5.07. The summed E-state index contributed by atoms with van der Waals surface area (Å²) in [7, 11) is 1.57. The minimum absolute atomic E-state index is 0.0575. The van der Waals surface area contributed by atoms with Gasteiger partial charge in [-0.2, -0.15) is 0 Å². The molecule has 0 radical (unpaired) electrons. The van der Waals surface area contributed by atoms with Gasteiger partial charge in [-0.25, -0.2) is 4.98 Å². The first kappa shape index (κ1) is 20.3. The van der Waals surface area contributed by atoms with Crippen molar-refractivity contribution in [1.82, 2.24) is 15.3 Å². The third-order valence-corrected chi connectivity index (χ3v) is 6.39. The van der Waals surface area contributed by atoms with Crippen molar-refractivity contribution in [3.8, 4) is 5.88 Å². The molecule has 0 bridgehead atoms. The summed E-state index contributed by atoms with van der Waals surface area (Å²) in [6.45, 7) is 2.15. The Bertz CT molecular complexity index is 995. The molecule has 1 saturated carbocycles. The van der Waals surface area contributed by atoms with Gasteiger partial charge in [0.2, 0.25) is 5.88 Å². The molecule has 1 amide bonds. The minimum Gasteiger partial charge on any atom is -0.481 e. The Morgan fingerprint density at radius 2 is 1.90 bits per heavy atom. The fraction of sp³-hybridized carbons (Fsp3) is 0.400. The van der Waals surface area contributed by atoms with Crippen molar-refractivity contribution < 1.29 is 9.53 Å². The number of rotatable bonds is 6. The van der Waals surface area contributed by atoms with Crippen LogP contribution < -0.4 is 10.1 Å². The molecule has 1 atom stereocenters. The monoisotopic (exact) mass is 403 g/mol. The summed E-state index contributed by atoms with van der Waals surface area (Å²) in [6.07, 6.45) is 9.08. The van der Waals surface area contributed by atoms with Gasteiger partial charge < -0.3 is 10.1 Å². The number of pyridine rings is 2. The molecule has 5 heteroatoms. The number of hydrogen-bond acceptors (Lipinski definition) is 4. The Balaban J connectivity index is 1.37. The van der Waals surface area contributed by atoms with Crippen molar-refractivity contribution >= 4 is 16.8 Å². The molecule has 1 aromatic carbocycles. The molecule has 0 aliphatic heterocycles. The molecular formula is C25H29N3O2. The SMILES string of the molecule is CC[C@@H](NC(=O)c1ccc(OC)nc1)[C@H]1CC[C@@H](c2cnc3ccccc3c2)CC1. The first-order chi connectivity index (χ1) is 14.7. The number of benzene rings is 1. The number of aromatic nitrogens is 2. The van der Waals surface area contributed by atoms with Crippen LogP contribution in [0.2, 0.25) is 0 Å². The summed E-state index contributed by atoms with van der Waals surface area (Å²) in [4.78, 5) is 21.4. The number of ether oxygens (including phenoxy) is 1. The van der Waals surface area contributed by atoms with E-state index in [1.165, 1.54) is 10.9 Å². The maximum absolute atomic E-state index is 12.7. The highest BCUT2D eigenvalue weighted by Crippen LogP contribution is 2.38. The lowest BCUT2D eigenvalue weighted by molar-refractivity contribution is 0.0909. The van der Waals surface area contributed by atoms with Crippen LogP contribution in [0.1, 0.15) is 60.9 Å². The van der Waals surface area contributed by atoms with Gasteiger partial charge in [-0.1, -0.05) is 25.1 Å². The molecule has 0 unspecified atom stereocenters. The zero-order chi connectivity index (χ0) is 20.9. The zero-order valence-electron chi connectivity index (χ0n) is 17.7. The van der Waals surface area contributed by atoms with Gasteiger partial charge >= 0.3 is 0 Å². The molecule has 4 rings (SSSR count). The summed E-state index contributed by atoms with van der Waals surface area (Å²) in [5, 5.41) is 4.45. The lowest BCUT2D eigenvalue weighted by Crippen LogP contribution is -2.41. The Morgan fingerprint density at radius 3 is 2.60 bits per heavy atom. The van der Waals surface area contributed by atoms with E-state index in [9.17, 15) is 4.79 Å². The van der Waals surface area contributed by atoms with E-state index in [0.29, 0.717) is 23.3 Å². The number of hydrogen-bond donors (Lipinski definition) is 1. The molecule has 30 heavy (non-hydrogen) atoms. The van der Waals surface area contributed by atoms with E-state index in [4.69, 9.17) is 4.74 Å². The van der Waals surface area contributed by atoms with E-state index in [2.05, 4.69) is 46.5 Å². The van der Waals surface area contributed by atoms with Crippen LogP contribution in [0.15, 0.2) is 54.9 Å². The van der Waals surface area contributed by atoms with Crippen LogP contribution >= 0.6 is 0 Å². The Morgan fingerprint density at radius 1 is 1.10 bits per heavy atom. The second kappa shape index (κ2) is 9.24. The largest absolute Gasteiger partial charge is 0.481 e. The first-order valence-electron chi connectivity index (χ1n) is 10.8. The highest BCUT2D eigenvalue weighted by atomic mass is 16.5. The maximum atomic E-state index is 12.7. The number of nitrogens with one attached hydrogen (secondary N) is 1. The number of carbonyl (C=O) groups is 1. The maximum Gasteiger partial charge on any atom is 0.253 e. The predicted octanol–water partition coefficient (Wildman–Crippen LogP) is 5.12. The molecule has 1 aliphatic carbocycles. The fourth-order valence-corrected chi connectivity index (χ4v) is 4.61. The van der Waals surface area contributed by atoms with Gasteiger partial charge in [0, 0.05) is 29.9 Å². The minimum atomic E-state index is -0.0575. The molecule has 2 heterocycles. The quantitative estimate of drug-likeness (QED) is 0.620. The zero-order valence-corrected chi connectivity index (χ0v) is 17.7. The molecule has 3 aromatic rings. The van der Waals surface area contributed by atoms with Crippen LogP contribution in [-0.4, -0.2) is 29.0 Å². The van der Waals surface area contributed by atoms with Gasteiger partial charge in [0.1, 0.15) is 0 Å². The Hall–Kier alpha value is -2.95. The van der Waals surface area contributed by atoms with Crippen LogP contribution in [-0.2, 0) is 0 Å². The normalized spacial score (nSPS) is 19.9. The third kappa shape index (κ3) is 4.45. The third-order valence-electron chi connectivity index (χ3n) is 6.39. The molecule has 0 spiro atoms. The lowest BCUT2D eigenvalue weighted by atomic mass is 9.75. The van der Waals surface area contributed by atoms with E-state index in [1.807, 2.05) is 12.3 Å². The molecule has 2 aromatic heterocycles. The van der Waals surface area contributed by atoms with Crippen LogP contribution in [0, 0.1) is 5.92 Å². The fourth-order valence-electron chi connectivity index (χ4n) is 4.61. The van der Waals surface area contributed by atoms with E-state index in [1.54, 1.807) is 25.4 Å². The number of nitrogens with zero attached hydrogens (tertiary/aromatic N) is 2. The average molecular weight is 404 g/mol. The summed E-state index contributed by atoms with van der Waals surface area (Å²) in [5.41, 5.74) is 2.97. The number of carbonyl (C=O) groups excluding carboxylic acids is 1. The van der Waals surface area contributed by atoms with Gasteiger partial charge in [-0.3, -0.25) is 9.78 Å². The second-order valence-electron chi connectivity index (χ2n) is 8.15. The average Bonchev–Trinajstić information content (AvgIpc) is 2.82. The molecule has 0 saturated heterocycles. The van der Waals surface area contributed by atoms with Gasteiger partial charge in [-0.15, -0.1) is 0 Å². The van der Waals surface area contributed by atoms with Crippen molar-refractivity contribution in [2.45, 2.75) is 51.0 Å². The van der Waals surface area contributed by atoms with Crippen LogP contribution in [0.3, 0.4) is 0 Å². The van der Waals surface area contributed by atoms with E-state index in [0.717, 1.165) is 37.6 Å². The highest BCUT2D eigenvalue weighted by molar-refractivity contribution is 5.94. The molecular weight excluding hydrogens is 374 g/mol. The van der Waals surface area contributed by atoms with Crippen LogP contribution in [0.5, 0.6) is 5.88 Å². The Kier molecular flexibility index (Phi) is 6.26. The van der Waals surface area contributed by atoms with Crippen LogP contribution in [0.25, 0.3) is 10.9 Å². The van der Waals surface area contributed by atoms with Gasteiger partial charge in [0.25, 0.3) is 5.91 Å². The molecule has 1 aliphatic rings. The van der Waals surface area contributed by atoms with Crippen molar-refractivity contribution in [1.29, 1.82) is 0 Å². The standard InChI is InChI=1S/C25H29N3O2/c1-3-22(28-25(29)20-12-13-24(30-2)27-15-20)18-10-8-17(9-11-18)21-14-19-6-4-5-7-23(19)26-16-21/h4-7,12-18,22H,3,8-11H2,1-2H3,(H,28,29)/t17-,18+,22-/m1/s1. The van der Waals surface area contributed by atoms with Crippen molar-refractivity contribution in [2.75, 3.05) is 7.11 Å². The molecule has 1 fully saturated rings. The number of fused-ring (bicyclic) bond motifs is 1. The Labute approximate surface area is 177 Å². The van der Waals surface area contributed by atoms with Crippen molar-refractivity contribution in [2.24, 2.45) is 5.92 Å². The van der Waals surface area contributed by atoms with Crippen molar-refractivity contribution in [3.63, 3.8) is 0 Å². The molecule has 156 valence electrons. The number of amides is 1. The van der Waals surface area contributed by atoms with Gasteiger partial charge in [-0.05, 0) is 67.7 Å². The molecule has 1 N–H and O–H groups in total. The number of methoxy groups -OCH3 is 1. The van der Waals surface area contributed by atoms with E-state index >= 15 is 0 Å². The lowest BCUT2D eigenvalue weighted by Gasteiger charge is -2.34. The molecule has 5 nitrogen and oxygen atoms in total. The van der Waals surface area contributed by atoms with Crippen LogP contribution in [0.4, 0.5) is 0 Å². The van der Waals surface area contributed by atoms with E-state index in [-0.39, 0.29) is 11.9 Å². The summed E-state index contributed by atoms with van der Waals surface area (Å²) >= 11 is 0. The highest BCUT2D eigenvalue weighted by Gasteiger charge is 2.29. The van der Waals surface area contributed by atoms with E-state index < -0.39 is 0 Å². The smallest absolute Gasteiger partial charge is 0.253 e. The second-order valence-corrected chi connectivity index (χ2v) is 8.15. The first-order valence-corrected chi connectivity index (χ1v) is 10.8. The van der Waals surface area contributed by atoms with Gasteiger partial charge in [0.15, 0.2) is 0 Å².